The second-order valence-electron chi connectivity index (χ2n) is 5.85. The van der Waals surface area contributed by atoms with Crippen LogP contribution < -0.4 is 20.4 Å². The summed E-state index contributed by atoms with van der Waals surface area (Å²) in [5.74, 6) is 0.581. The molecule has 0 aliphatic carbocycles. The zero-order chi connectivity index (χ0) is 18.5. The molecule has 0 fully saturated rings. The molecule has 134 valence electrons. The highest BCUT2D eigenvalue weighted by Gasteiger charge is 2.14. The topological polar surface area (TPSA) is 101 Å². The van der Waals surface area contributed by atoms with Gasteiger partial charge in [0.05, 0.1) is 19.5 Å². The molecule has 8 heteroatoms. The lowest BCUT2D eigenvalue weighted by molar-refractivity contribution is -0.511. The van der Waals surface area contributed by atoms with E-state index in [2.05, 4.69) is 50.6 Å². The van der Waals surface area contributed by atoms with Gasteiger partial charge in [0, 0.05) is 6.07 Å². The van der Waals surface area contributed by atoms with Crippen LogP contribution in [0.15, 0.2) is 59.0 Å². The molecule has 2 heterocycles. The minimum atomic E-state index is -0.177. The first-order valence-corrected chi connectivity index (χ1v) is 8.02. The van der Waals surface area contributed by atoms with Crippen LogP contribution in [0.3, 0.4) is 0 Å². The lowest BCUT2D eigenvalue weighted by atomic mass is 10.2. The Bertz CT molecular complexity index is 960. The number of nitrogens with one attached hydrogen (secondary N) is 1. The molecule has 0 atom stereocenters. The van der Waals surface area contributed by atoms with E-state index in [0.717, 1.165) is 22.7 Å². The van der Waals surface area contributed by atoms with Crippen molar-refractivity contribution >= 4 is 17.8 Å². The number of ether oxygens (including phenoxy) is 1. The maximum Gasteiger partial charge on any atom is 0.286 e. The summed E-state index contributed by atoms with van der Waals surface area (Å²) >= 11 is 0. The summed E-state index contributed by atoms with van der Waals surface area (Å²) in [4.78, 5) is 0. The lowest BCUT2D eigenvalue weighted by Crippen LogP contribution is -2.27. The summed E-state index contributed by atoms with van der Waals surface area (Å²) in [5, 5.41) is 15.8. The van der Waals surface area contributed by atoms with Crippen LogP contribution in [0.2, 0.25) is 0 Å². The quantitative estimate of drug-likeness (QED) is 0.278. The Morgan fingerprint density at radius 3 is 2.77 bits per heavy atom. The van der Waals surface area contributed by atoms with Crippen molar-refractivity contribution in [3.63, 3.8) is 0 Å². The summed E-state index contributed by atoms with van der Waals surface area (Å²) in [6.45, 7) is 2.54. The van der Waals surface area contributed by atoms with Gasteiger partial charge in [0.1, 0.15) is 11.9 Å². The van der Waals surface area contributed by atoms with E-state index in [4.69, 9.17) is 15.7 Å². The van der Waals surface area contributed by atoms with Crippen molar-refractivity contribution in [2.45, 2.75) is 13.5 Å². The van der Waals surface area contributed by atoms with Crippen molar-refractivity contribution in [2.24, 2.45) is 23.0 Å². The number of aryl methyl sites for hydroxylation is 2. The van der Waals surface area contributed by atoms with Gasteiger partial charge in [-0.3, -0.25) is 5.21 Å². The van der Waals surface area contributed by atoms with Gasteiger partial charge in [-0.05, 0) is 48.4 Å². The van der Waals surface area contributed by atoms with Crippen LogP contribution in [0.4, 0.5) is 0 Å². The fourth-order valence-corrected chi connectivity index (χ4v) is 2.52. The molecule has 0 aliphatic heterocycles. The maximum absolute atomic E-state index is 8.50. The van der Waals surface area contributed by atoms with Crippen LogP contribution in [0.25, 0.3) is 5.65 Å². The summed E-state index contributed by atoms with van der Waals surface area (Å²) in [6.07, 6.45) is 5.69. The van der Waals surface area contributed by atoms with E-state index in [1.165, 1.54) is 11.8 Å². The lowest BCUT2D eigenvalue weighted by Gasteiger charge is -2.04. The van der Waals surface area contributed by atoms with Crippen molar-refractivity contribution in [1.29, 1.82) is 0 Å². The number of aromatic nitrogens is 2. The van der Waals surface area contributed by atoms with Crippen LogP contribution >= 0.6 is 0 Å². The molecule has 0 bridgehead atoms. The van der Waals surface area contributed by atoms with E-state index < -0.39 is 0 Å². The van der Waals surface area contributed by atoms with Gasteiger partial charge in [0.2, 0.25) is 5.96 Å². The molecule has 0 amide bonds. The van der Waals surface area contributed by atoms with Gasteiger partial charge in [-0.25, -0.2) is 14.4 Å². The number of rotatable bonds is 5. The Morgan fingerprint density at radius 2 is 2.04 bits per heavy atom. The van der Waals surface area contributed by atoms with E-state index in [0.29, 0.717) is 6.61 Å². The largest absolute Gasteiger partial charge is 0.485 e. The summed E-state index contributed by atoms with van der Waals surface area (Å²) in [7, 11) is 2.02. The van der Waals surface area contributed by atoms with Crippen molar-refractivity contribution < 1.29 is 14.3 Å². The Morgan fingerprint density at radius 1 is 1.27 bits per heavy atom. The fraction of sp³-hybridized carbons (Fsp3) is 0.167. The number of imidazole rings is 1. The predicted octanol–water partition coefficient (Wildman–Crippen LogP) is 1.28. The molecule has 4 N–H and O–H groups in total. The number of hydrogen-bond acceptors (Lipinski definition) is 4. The molecule has 1 aromatic carbocycles. The Labute approximate surface area is 150 Å². The van der Waals surface area contributed by atoms with E-state index in [-0.39, 0.29) is 5.96 Å². The highest BCUT2D eigenvalue weighted by molar-refractivity contribution is 5.81. The molecule has 0 spiro atoms. The normalized spacial score (nSPS) is 12.0. The molecule has 0 saturated heterocycles. The number of pyridine rings is 1. The molecular weight excluding hydrogens is 332 g/mol. The molecule has 26 heavy (non-hydrogen) atoms. The van der Waals surface area contributed by atoms with E-state index >= 15 is 0 Å². The molecule has 0 unspecified atom stereocenters. The van der Waals surface area contributed by atoms with Gasteiger partial charge in [0.25, 0.3) is 5.65 Å². The van der Waals surface area contributed by atoms with Gasteiger partial charge < -0.3 is 10.5 Å². The zero-order valence-corrected chi connectivity index (χ0v) is 14.6. The number of hydroxylamine groups is 1. The van der Waals surface area contributed by atoms with Crippen LogP contribution in [0.5, 0.6) is 5.75 Å². The molecule has 3 aromatic rings. The Kier molecular flexibility index (Phi) is 5.14. The number of guanidine groups is 1. The third-order valence-corrected chi connectivity index (χ3v) is 3.92. The first-order chi connectivity index (χ1) is 12.6. The van der Waals surface area contributed by atoms with E-state index in [1.54, 1.807) is 5.48 Å². The number of nitrogens with two attached hydrogens (primary N) is 1. The van der Waals surface area contributed by atoms with Gasteiger partial charge >= 0.3 is 0 Å². The second kappa shape index (κ2) is 7.66. The van der Waals surface area contributed by atoms with Crippen molar-refractivity contribution in [3.05, 3.63) is 65.6 Å². The first kappa shape index (κ1) is 17.4. The van der Waals surface area contributed by atoms with Crippen LogP contribution in [0, 0.1) is 6.92 Å². The smallest absolute Gasteiger partial charge is 0.286 e. The molecule has 8 nitrogen and oxygen atoms in total. The number of benzene rings is 1. The zero-order valence-electron chi connectivity index (χ0n) is 14.6. The van der Waals surface area contributed by atoms with Gasteiger partial charge in [-0.2, -0.15) is 5.10 Å². The average Bonchev–Trinajstić information content (AvgIpc) is 2.96. The van der Waals surface area contributed by atoms with Gasteiger partial charge in [0.15, 0.2) is 12.3 Å². The number of hydrogen-bond donors (Lipinski definition) is 3. The van der Waals surface area contributed by atoms with Gasteiger partial charge in [-0.15, -0.1) is 5.10 Å². The van der Waals surface area contributed by atoms with Crippen LogP contribution in [-0.4, -0.2) is 21.9 Å². The van der Waals surface area contributed by atoms with Crippen molar-refractivity contribution in [2.75, 3.05) is 0 Å². The summed E-state index contributed by atoms with van der Waals surface area (Å²) in [6, 6.07) is 11.6. The molecule has 2 aromatic heterocycles. The Balaban J connectivity index is 1.66. The van der Waals surface area contributed by atoms with Crippen molar-refractivity contribution in [1.82, 2.24) is 10.0 Å². The molecule has 3 rings (SSSR count). The fourth-order valence-electron chi connectivity index (χ4n) is 2.52. The third kappa shape index (κ3) is 3.98. The minimum absolute atomic E-state index is 0.177. The Hall–Kier alpha value is -3.39. The van der Waals surface area contributed by atoms with Gasteiger partial charge in [-0.1, -0.05) is 0 Å². The SMILES string of the molecule is Cc1ccc2n(C)c(COc3ccc(/C=N/N=C(\N)NO)cc3)c[n+]2c1. The van der Waals surface area contributed by atoms with E-state index in [1.807, 2.05) is 31.3 Å². The van der Waals surface area contributed by atoms with Crippen molar-refractivity contribution in [3.8, 4) is 5.75 Å². The van der Waals surface area contributed by atoms with Crippen LogP contribution in [0.1, 0.15) is 16.8 Å². The summed E-state index contributed by atoms with van der Waals surface area (Å²) in [5.41, 5.74) is 11.2. The van der Waals surface area contributed by atoms with Crippen LogP contribution in [-0.2, 0) is 13.7 Å². The molecular formula is C18H21N6O2+. The standard InChI is InChI=1S/C18H21N6O2/c1-13-3-8-17-23(2)15(11-24(17)10-13)12-26-16-6-4-14(5-7-16)9-20-21-18(19)22-25/h3-11,25H,12H2,1-2H3,(H3,19,21,22)/q+1/b20-9+. The minimum Gasteiger partial charge on any atom is -0.485 e. The summed E-state index contributed by atoms with van der Waals surface area (Å²) < 4.78 is 10.1. The predicted molar refractivity (Wildman–Crippen MR) is 98.2 cm³/mol. The first-order valence-electron chi connectivity index (χ1n) is 8.02. The second-order valence-corrected chi connectivity index (χ2v) is 5.85. The monoisotopic (exact) mass is 353 g/mol. The number of nitrogens with zero attached hydrogens (tertiary/aromatic N) is 4. The number of fused-ring (bicyclic) bond motifs is 1. The third-order valence-electron chi connectivity index (χ3n) is 3.92. The molecule has 0 aliphatic rings. The maximum atomic E-state index is 8.50. The molecule has 0 saturated carbocycles. The van der Waals surface area contributed by atoms with E-state index in [9.17, 15) is 0 Å². The highest BCUT2D eigenvalue weighted by Crippen LogP contribution is 2.14. The highest BCUT2D eigenvalue weighted by atomic mass is 16.5. The molecule has 0 radical (unpaired) electrons. The average molecular weight is 353 g/mol.